The molecule has 1 heterocycles. The summed E-state index contributed by atoms with van der Waals surface area (Å²) in [6, 6.07) is 0. The fourth-order valence-corrected chi connectivity index (χ4v) is 4.06. The predicted octanol–water partition coefficient (Wildman–Crippen LogP) is 2.82. The highest BCUT2D eigenvalue weighted by Crippen LogP contribution is 2.46. The Bertz CT molecular complexity index is 295. The maximum absolute atomic E-state index is 10.9. The number of ether oxygens (including phenoxy) is 1. The van der Waals surface area contributed by atoms with Gasteiger partial charge in [-0.05, 0) is 65.0 Å². The summed E-state index contributed by atoms with van der Waals surface area (Å²) in [6.07, 6.45) is 5.49. The van der Waals surface area contributed by atoms with Gasteiger partial charge in [-0.1, -0.05) is 13.8 Å². The van der Waals surface area contributed by atoms with Crippen molar-refractivity contribution in [3.8, 4) is 0 Å². The van der Waals surface area contributed by atoms with Crippen molar-refractivity contribution in [3.63, 3.8) is 0 Å². The van der Waals surface area contributed by atoms with Crippen molar-refractivity contribution in [2.45, 2.75) is 77.0 Å². The molecule has 2 fully saturated rings. The third-order valence-electron chi connectivity index (χ3n) is 5.54. The molecular weight excluding hydrogens is 238 g/mol. The van der Waals surface area contributed by atoms with Crippen LogP contribution in [0, 0.1) is 5.92 Å². The van der Waals surface area contributed by atoms with E-state index >= 15 is 0 Å². The molecule has 0 aromatic rings. The van der Waals surface area contributed by atoms with E-state index in [1.54, 1.807) is 0 Å². The van der Waals surface area contributed by atoms with E-state index in [4.69, 9.17) is 4.74 Å². The van der Waals surface area contributed by atoms with Gasteiger partial charge in [0.15, 0.2) is 0 Å². The molecule has 2 atom stereocenters. The Morgan fingerprint density at radius 2 is 1.95 bits per heavy atom. The van der Waals surface area contributed by atoms with Gasteiger partial charge in [0.2, 0.25) is 0 Å². The molecule has 0 radical (unpaired) electrons. The SMILES string of the molecule is CCN(CC)C(C)(C)C(O)C1CCOC2(CCC2)C1. The zero-order chi connectivity index (χ0) is 14.1. The molecule has 0 aromatic carbocycles. The molecule has 1 aliphatic carbocycles. The molecule has 1 N–H and O–H groups in total. The van der Waals surface area contributed by atoms with Gasteiger partial charge in [0.25, 0.3) is 0 Å². The zero-order valence-electron chi connectivity index (χ0n) is 13.1. The quantitative estimate of drug-likeness (QED) is 0.833. The van der Waals surface area contributed by atoms with E-state index in [1.807, 2.05) is 0 Å². The first-order chi connectivity index (χ1) is 8.95. The van der Waals surface area contributed by atoms with Crippen molar-refractivity contribution in [1.29, 1.82) is 0 Å². The summed E-state index contributed by atoms with van der Waals surface area (Å²) in [6.45, 7) is 11.5. The second-order valence-electron chi connectivity index (χ2n) is 6.91. The summed E-state index contributed by atoms with van der Waals surface area (Å²) in [4.78, 5) is 2.38. The van der Waals surface area contributed by atoms with Crippen molar-refractivity contribution in [1.82, 2.24) is 4.90 Å². The largest absolute Gasteiger partial charge is 0.391 e. The van der Waals surface area contributed by atoms with E-state index in [-0.39, 0.29) is 17.2 Å². The van der Waals surface area contributed by atoms with Gasteiger partial charge in [-0.2, -0.15) is 0 Å². The topological polar surface area (TPSA) is 32.7 Å². The van der Waals surface area contributed by atoms with Gasteiger partial charge < -0.3 is 9.84 Å². The Labute approximate surface area is 118 Å². The summed E-state index contributed by atoms with van der Waals surface area (Å²) < 4.78 is 5.98. The molecule has 0 amide bonds. The molecule has 1 spiro atoms. The zero-order valence-corrected chi connectivity index (χ0v) is 13.1. The van der Waals surface area contributed by atoms with Gasteiger partial charge in [-0.3, -0.25) is 4.90 Å². The molecule has 3 heteroatoms. The number of hydrogen-bond donors (Lipinski definition) is 1. The average Bonchev–Trinajstić information content (AvgIpc) is 2.37. The number of hydrogen-bond acceptors (Lipinski definition) is 3. The summed E-state index contributed by atoms with van der Waals surface area (Å²) in [5.41, 5.74) is -0.0142. The highest BCUT2D eigenvalue weighted by molar-refractivity contribution is 5.00. The third kappa shape index (κ3) is 2.84. The van der Waals surface area contributed by atoms with Crippen LogP contribution in [0.2, 0.25) is 0 Å². The van der Waals surface area contributed by atoms with Gasteiger partial charge in [0.1, 0.15) is 0 Å². The first-order valence-electron chi connectivity index (χ1n) is 8.02. The van der Waals surface area contributed by atoms with Gasteiger partial charge in [0.05, 0.1) is 11.7 Å². The molecule has 112 valence electrons. The lowest BCUT2D eigenvalue weighted by molar-refractivity contribution is -0.169. The van der Waals surface area contributed by atoms with Gasteiger partial charge in [-0.15, -0.1) is 0 Å². The lowest BCUT2D eigenvalue weighted by Gasteiger charge is -2.51. The number of likely N-dealkylation sites (N-methyl/N-ethyl adjacent to an activating group) is 1. The molecule has 1 aliphatic heterocycles. The lowest BCUT2D eigenvalue weighted by atomic mass is 9.68. The van der Waals surface area contributed by atoms with Crippen molar-refractivity contribution < 1.29 is 9.84 Å². The minimum atomic E-state index is -0.256. The van der Waals surface area contributed by atoms with E-state index in [1.165, 1.54) is 19.3 Å². The maximum atomic E-state index is 10.9. The number of nitrogens with zero attached hydrogens (tertiary/aromatic N) is 1. The lowest BCUT2D eigenvalue weighted by Crippen LogP contribution is -2.58. The molecule has 1 saturated heterocycles. The number of aliphatic hydroxyl groups excluding tert-OH is 1. The minimum Gasteiger partial charge on any atom is -0.391 e. The Kier molecular flexibility index (Phi) is 4.59. The van der Waals surface area contributed by atoms with E-state index in [9.17, 15) is 5.11 Å². The molecule has 0 bridgehead atoms. The molecule has 2 aliphatic rings. The van der Waals surface area contributed by atoms with Crippen LogP contribution in [0.3, 0.4) is 0 Å². The predicted molar refractivity (Wildman–Crippen MR) is 78.3 cm³/mol. The average molecular weight is 269 g/mol. The highest BCUT2D eigenvalue weighted by Gasteiger charge is 2.47. The highest BCUT2D eigenvalue weighted by atomic mass is 16.5. The number of rotatable bonds is 5. The van der Waals surface area contributed by atoms with Crippen molar-refractivity contribution in [3.05, 3.63) is 0 Å². The fourth-order valence-electron chi connectivity index (χ4n) is 4.06. The maximum Gasteiger partial charge on any atom is 0.0748 e. The first-order valence-corrected chi connectivity index (χ1v) is 8.02. The standard InChI is InChI=1S/C16H31NO2/c1-5-17(6-2)15(3,4)14(18)13-8-11-19-16(12-13)9-7-10-16/h13-14,18H,5-12H2,1-4H3. The molecular formula is C16H31NO2. The third-order valence-corrected chi connectivity index (χ3v) is 5.54. The summed E-state index contributed by atoms with van der Waals surface area (Å²) in [5.74, 6) is 0.393. The van der Waals surface area contributed by atoms with Crippen LogP contribution in [-0.2, 0) is 4.74 Å². The Morgan fingerprint density at radius 1 is 1.32 bits per heavy atom. The van der Waals surface area contributed by atoms with Crippen LogP contribution in [0.15, 0.2) is 0 Å². The summed E-state index contributed by atoms with van der Waals surface area (Å²) in [7, 11) is 0. The van der Waals surface area contributed by atoms with Crippen LogP contribution < -0.4 is 0 Å². The Hall–Kier alpha value is -0.120. The van der Waals surface area contributed by atoms with Crippen LogP contribution in [0.4, 0.5) is 0 Å². The molecule has 0 aromatic heterocycles. The van der Waals surface area contributed by atoms with E-state index < -0.39 is 0 Å². The second kappa shape index (κ2) is 5.71. The Balaban J connectivity index is 2.03. The van der Waals surface area contributed by atoms with Crippen molar-refractivity contribution in [2.75, 3.05) is 19.7 Å². The monoisotopic (exact) mass is 269 g/mol. The molecule has 3 nitrogen and oxygen atoms in total. The van der Waals surface area contributed by atoms with Crippen LogP contribution in [0.25, 0.3) is 0 Å². The summed E-state index contributed by atoms with van der Waals surface area (Å²) >= 11 is 0. The van der Waals surface area contributed by atoms with Crippen LogP contribution in [0.1, 0.15) is 59.8 Å². The minimum absolute atomic E-state index is 0.128. The molecule has 2 rings (SSSR count). The van der Waals surface area contributed by atoms with Crippen LogP contribution in [0.5, 0.6) is 0 Å². The van der Waals surface area contributed by atoms with E-state index in [0.717, 1.165) is 32.5 Å². The van der Waals surface area contributed by atoms with Crippen molar-refractivity contribution in [2.24, 2.45) is 5.92 Å². The van der Waals surface area contributed by atoms with Gasteiger partial charge in [-0.25, -0.2) is 0 Å². The number of aliphatic hydroxyl groups is 1. The van der Waals surface area contributed by atoms with E-state index in [2.05, 4.69) is 32.6 Å². The summed E-state index contributed by atoms with van der Waals surface area (Å²) in [5, 5.41) is 10.9. The van der Waals surface area contributed by atoms with E-state index in [0.29, 0.717) is 5.92 Å². The Morgan fingerprint density at radius 3 is 2.42 bits per heavy atom. The molecule has 1 saturated carbocycles. The van der Waals surface area contributed by atoms with Crippen LogP contribution in [-0.4, -0.2) is 46.9 Å². The van der Waals surface area contributed by atoms with Crippen LogP contribution >= 0.6 is 0 Å². The first kappa shape index (κ1) is 15.3. The normalized spacial score (nSPS) is 28.4. The van der Waals surface area contributed by atoms with Gasteiger partial charge >= 0.3 is 0 Å². The fraction of sp³-hybridized carbons (Fsp3) is 1.00. The molecule has 19 heavy (non-hydrogen) atoms. The van der Waals surface area contributed by atoms with Crippen molar-refractivity contribution >= 4 is 0 Å². The molecule has 2 unspecified atom stereocenters. The second-order valence-corrected chi connectivity index (χ2v) is 6.91. The smallest absolute Gasteiger partial charge is 0.0748 e. The van der Waals surface area contributed by atoms with Gasteiger partial charge in [0, 0.05) is 12.1 Å².